The summed E-state index contributed by atoms with van der Waals surface area (Å²) in [5, 5.41) is 5.94. The van der Waals surface area contributed by atoms with Crippen LogP contribution in [-0.4, -0.2) is 38.7 Å². The molecule has 186 valence electrons. The van der Waals surface area contributed by atoms with Gasteiger partial charge in [0.05, 0.1) is 5.92 Å². The molecule has 0 saturated heterocycles. The molecule has 0 aliphatic heterocycles. The maximum Gasteiger partial charge on any atom is 0.392 e. The van der Waals surface area contributed by atoms with Crippen molar-refractivity contribution in [3.05, 3.63) is 41.0 Å². The van der Waals surface area contributed by atoms with Gasteiger partial charge in [-0.05, 0) is 25.0 Å². The summed E-state index contributed by atoms with van der Waals surface area (Å²) in [5.74, 6) is -13.2. The van der Waals surface area contributed by atoms with Crippen molar-refractivity contribution >= 4 is 17.5 Å². The van der Waals surface area contributed by atoms with E-state index < -0.39 is 72.4 Å². The lowest BCUT2D eigenvalue weighted by molar-refractivity contribution is -0.188. The highest BCUT2D eigenvalue weighted by atomic mass is 19.4. The summed E-state index contributed by atoms with van der Waals surface area (Å²) in [4.78, 5) is 27.9. The van der Waals surface area contributed by atoms with Crippen LogP contribution in [0.5, 0.6) is 0 Å². The number of anilines is 1. The molecule has 2 heterocycles. The molecule has 2 aromatic rings. The van der Waals surface area contributed by atoms with Crippen LogP contribution in [0.3, 0.4) is 0 Å². The molecule has 34 heavy (non-hydrogen) atoms. The van der Waals surface area contributed by atoms with Crippen LogP contribution >= 0.6 is 0 Å². The van der Waals surface area contributed by atoms with Crippen LogP contribution in [0.1, 0.15) is 52.0 Å². The van der Waals surface area contributed by atoms with Gasteiger partial charge in [-0.25, -0.2) is 8.78 Å². The second-order valence-corrected chi connectivity index (χ2v) is 8.31. The van der Waals surface area contributed by atoms with Gasteiger partial charge in [0.15, 0.2) is 0 Å². The van der Waals surface area contributed by atoms with Crippen molar-refractivity contribution in [3.8, 4) is 0 Å². The van der Waals surface area contributed by atoms with Crippen molar-refractivity contribution in [3.63, 3.8) is 0 Å². The number of aromatic nitrogens is 3. The van der Waals surface area contributed by atoms with E-state index >= 15 is 0 Å². The molecule has 2 atom stereocenters. The van der Waals surface area contributed by atoms with Gasteiger partial charge in [-0.2, -0.15) is 27.1 Å². The van der Waals surface area contributed by atoms with Crippen molar-refractivity contribution in [2.24, 2.45) is 17.6 Å². The van der Waals surface area contributed by atoms with E-state index in [2.05, 4.69) is 15.4 Å². The summed E-state index contributed by atoms with van der Waals surface area (Å²) in [6.45, 7) is 0.776. The molecule has 3 rings (SSSR count). The summed E-state index contributed by atoms with van der Waals surface area (Å²) in [6, 6.07) is 2.36. The Labute approximate surface area is 188 Å². The number of nitrogens with one attached hydrogen (secondary N) is 1. The minimum atomic E-state index is -4.95. The lowest BCUT2D eigenvalue weighted by Gasteiger charge is -2.22. The van der Waals surface area contributed by atoms with Crippen LogP contribution < -0.4 is 11.1 Å². The third-order valence-corrected chi connectivity index (χ3v) is 5.57. The van der Waals surface area contributed by atoms with E-state index in [1.165, 1.54) is 6.07 Å². The van der Waals surface area contributed by atoms with Gasteiger partial charge in [-0.1, -0.05) is 0 Å². The van der Waals surface area contributed by atoms with Gasteiger partial charge in [-0.15, -0.1) is 0 Å². The monoisotopic (exact) mass is 495 g/mol. The Hall–Kier alpha value is -3.19. The van der Waals surface area contributed by atoms with Gasteiger partial charge in [0.2, 0.25) is 5.92 Å². The maximum atomic E-state index is 14.1. The molecule has 1 saturated carbocycles. The van der Waals surface area contributed by atoms with E-state index in [9.17, 15) is 40.3 Å². The largest absolute Gasteiger partial charge is 0.392 e. The maximum absolute atomic E-state index is 14.1. The predicted octanol–water partition coefficient (Wildman–Crippen LogP) is 4.27. The molecule has 2 amide bonds. The van der Waals surface area contributed by atoms with Crippen molar-refractivity contribution in [1.82, 2.24) is 14.8 Å². The molecule has 1 aliphatic rings. The zero-order valence-corrected chi connectivity index (χ0v) is 17.9. The number of nitrogens with two attached hydrogens (primary N) is 1. The standard InChI is InChI=1S/C20H20F7N5O2/c1-9-14(17(34)30-11-3-4-29-13(5-11)16(28)33)32(31-15(9)18(2,21)22)8-10-6-19(23,24)7-12(10)20(25,26)27/h3-5,10,12H,6-8H2,1-2H3,(H2,28,33)(H,29,30,34)/t10?,12-/m1/s1. The molecule has 1 aliphatic carbocycles. The zero-order valence-electron chi connectivity index (χ0n) is 17.9. The highest BCUT2D eigenvalue weighted by Crippen LogP contribution is 2.50. The van der Waals surface area contributed by atoms with Crippen LogP contribution in [0.2, 0.25) is 0 Å². The molecule has 14 heteroatoms. The van der Waals surface area contributed by atoms with Gasteiger partial charge in [0.1, 0.15) is 17.1 Å². The summed E-state index contributed by atoms with van der Waals surface area (Å²) in [6.07, 6.45) is -6.39. The number of carbonyl (C=O) groups excluding carboxylic acids is 2. The molecular weight excluding hydrogens is 475 g/mol. The fourth-order valence-electron chi connectivity index (χ4n) is 4.12. The molecule has 2 aromatic heterocycles. The Morgan fingerprint density at radius 1 is 1.24 bits per heavy atom. The number of alkyl halides is 7. The number of halogens is 7. The molecule has 0 aromatic carbocycles. The number of rotatable bonds is 6. The summed E-state index contributed by atoms with van der Waals surface area (Å²) >= 11 is 0. The van der Waals surface area contributed by atoms with Gasteiger partial charge in [0, 0.05) is 43.8 Å². The third-order valence-electron chi connectivity index (χ3n) is 5.57. The van der Waals surface area contributed by atoms with Gasteiger partial charge in [-0.3, -0.25) is 19.3 Å². The van der Waals surface area contributed by atoms with Gasteiger partial charge < -0.3 is 11.1 Å². The van der Waals surface area contributed by atoms with E-state index in [0.29, 0.717) is 11.6 Å². The van der Waals surface area contributed by atoms with Crippen molar-refractivity contribution in [2.45, 2.75) is 51.3 Å². The number of nitrogens with zero attached hydrogens (tertiary/aromatic N) is 3. The van der Waals surface area contributed by atoms with E-state index in [-0.39, 0.29) is 16.9 Å². The average Bonchev–Trinajstić information content (AvgIpc) is 3.17. The van der Waals surface area contributed by atoms with Crippen LogP contribution in [0.25, 0.3) is 0 Å². The fraction of sp³-hybridized carbons (Fsp3) is 0.500. The Balaban J connectivity index is 2.00. The lowest BCUT2D eigenvalue weighted by atomic mass is 9.95. The smallest absolute Gasteiger partial charge is 0.364 e. The van der Waals surface area contributed by atoms with Crippen molar-refractivity contribution in [2.75, 3.05) is 5.32 Å². The normalized spacial score (nSPS) is 20.4. The average molecular weight is 495 g/mol. The fourth-order valence-corrected chi connectivity index (χ4v) is 4.12. The lowest BCUT2D eigenvalue weighted by Crippen LogP contribution is -2.30. The SMILES string of the molecule is Cc1c(C(C)(F)F)nn(CC2CC(F)(F)C[C@H]2C(F)(F)F)c1C(=O)Nc1ccnc(C(N)=O)c1. The second-order valence-electron chi connectivity index (χ2n) is 8.31. The number of primary amides is 1. The van der Waals surface area contributed by atoms with Crippen LogP contribution in [0.4, 0.5) is 36.4 Å². The molecular formula is C20H20F7N5O2. The molecule has 3 N–H and O–H groups in total. The highest BCUT2D eigenvalue weighted by molar-refractivity contribution is 6.04. The minimum absolute atomic E-state index is 0.00803. The first-order valence-corrected chi connectivity index (χ1v) is 9.97. The topological polar surface area (TPSA) is 103 Å². The highest BCUT2D eigenvalue weighted by Gasteiger charge is 2.57. The molecule has 0 spiro atoms. The molecule has 0 bridgehead atoms. The first-order valence-electron chi connectivity index (χ1n) is 9.97. The van der Waals surface area contributed by atoms with E-state index in [4.69, 9.17) is 5.73 Å². The zero-order chi connectivity index (χ0) is 25.6. The quantitative estimate of drug-likeness (QED) is 0.585. The third kappa shape index (κ3) is 5.30. The van der Waals surface area contributed by atoms with E-state index in [0.717, 1.165) is 19.2 Å². The van der Waals surface area contributed by atoms with Crippen LogP contribution in [0, 0.1) is 18.8 Å². The Morgan fingerprint density at radius 2 is 1.88 bits per heavy atom. The summed E-state index contributed by atoms with van der Waals surface area (Å²) in [7, 11) is 0. The van der Waals surface area contributed by atoms with Gasteiger partial charge in [0.25, 0.3) is 17.7 Å². The van der Waals surface area contributed by atoms with Crippen LogP contribution in [-0.2, 0) is 12.5 Å². The summed E-state index contributed by atoms with van der Waals surface area (Å²) < 4.78 is 96.5. The first-order chi connectivity index (χ1) is 15.5. The van der Waals surface area contributed by atoms with E-state index in [1.807, 2.05) is 0 Å². The van der Waals surface area contributed by atoms with Gasteiger partial charge >= 0.3 is 6.18 Å². The Morgan fingerprint density at radius 3 is 2.44 bits per heavy atom. The van der Waals surface area contributed by atoms with E-state index in [1.54, 1.807) is 0 Å². The number of hydrogen-bond acceptors (Lipinski definition) is 4. The summed E-state index contributed by atoms with van der Waals surface area (Å²) in [5.41, 5.74) is 3.16. The molecule has 1 fully saturated rings. The molecule has 7 nitrogen and oxygen atoms in total. The minimum Gasteiger partial charge on any atom is -0.364 e. The molecule has 0 radical (unpaired) electrons. The van der Waals surface area contributed by atoms with Crippen molar-refractivity contribution in [1.29, 1.82) is 0 Å². The number of pyridine rings is 1. The predicted molar refractivity (Wildman–Crippen MR) is 104 cm³/mol. The Kier molecular flexibility index (Phi) is 6.39. The number of amides is 2. The number of carbonyl (C=O) groups is 2. The molecule has 1 unspecified atom stereocenters. The van der Waals surface area contributed by atoms with Crippen LogP contribution in [0.15, 0.2) is 18.3 Å². The van der Waals surface area contributed by atoms with Crippen molar-refractivity contribution < 1.29 is 40.3 Å². The second kappa shape index (κ2) is 8.55. The number of hydrogen-bond donors (Lipinski definition) is 2. The first kappa shape index (κ1) is 25.4. The Bertz CT molecular complexity index is 1110.